The van der Waals surface area contributed by atoms with E-state index in [9.17, 15) is 4.39 Å². The fourth-order valence-corrected chi connectivity index (χ4v) is 2.87. The van der Waals surface area contributed by atoms with Gasteiger partial charge in [0.1, 0.15) is 5.82 Å². The molecule has 17 heavy (non-hydrogen) atoms. The lowest BCUT2D eigenvalue weighted by molar-refractivity contribution is 0.328. The Kier molecular flexibility index (Phi) is 4.27. The normalized spacial score (nSPS) is 19.0. The van der Waals surface area contributed by atoms with Crippen LogP contribution < -0.4 is 5.32 Å². The van der Waals surface area contributed by atoms with E-state index in [0.717, 1.165) is 5.69 Å². The SMILES string of the molecule is CC(Nc1cc(F)cc(Cl)c1)C1CCCCC1. The molecule has 1 aromatic carbocycles. The van der Waals surface area contributed by atoms with Crippen LogP contribution in [0.15, 0.2) is 18.2 Å². The number of anilines is 1. The minimum atomic E-state index is -0.282. The predicted octanol–water partition coefficient (Wildman–Crippen LogP) is 4.86. The van der Waals surface area contributed by atoms with Crippen LogP contribution in [0.3, 0.4) is 0 Å². The number of benzene rings is 1. The van der Waals surface area contributed by atoms with E-state index in [1.54, 1.807) is 6.07 Å². The minimum Gasteiger partial charge on any atom is -0.382 e. The van der Waals surface area contributed by atoms with Gasteiger partial charge in [0.05, 0.1) is 0 Å². The van der Waals surface area contributed by atoms with Crippen molar-refractivity contribution >= 4 is 17.3 Å². The molecule has 0 aromatic heterocycles. The average Bonchev–Trinajstić information content (AvgIpc) is 2.28. The summed E-state index contributed by atoms with van der Waals surface area (Å²) in [6, 6.07) is 5.00. The van der Waals surface area contributed by atoms with Gasteiger partial charge in [-0.1, -0.05) is 30.9 Å². The second-order valence-electron chi connectivity index (χ2n) is 4.99. The molecule has 0 radical (unpaired) electrons. The largest absolute Gasteiger partial charge is 0.382 e. The molecule has 2 rings (SSSR count). The van der Waals surface area contributed by atoms with E-state index in [0.29, 0.717) is 17.0 Å². The van der Waals surface area contributed by atoms with Crippen LogP contribution in [0.1, 0.15) is 39.0 Å². The molecule has 0 heterocycles. The first-order valence-corrected chi connectivity index (χ1v) is 6.75. The summed E-state index contributed by atoms with van der Waals surface area (Å²) in [6.45, 7) is 2.18. The summed E-state index contributed by atoms with van der Waals surface area (Å²) >= 11 is 5.84. The third kappa shape index (κ3) is 3.60. The Bertz CT molecular complexity index is 354. The second kappa shape index (κ2) is 5.72. The Labute approximate surface area is 107 Å². The number of nitrogens with one attached hydrogen (secondary N) is 1. The Morgan fingerprint density at radius 3 is 2.59 bits per heavy atom. The van der Waals surface area contributed by atoms with Gasteiger partial charge in [0.25, 0.3) is 0 Å². The standard InChI is InChI=1S/C14H19ClFN/c1-10(11-5-3-2-4-6-11)17-14-8-12(15)7-13(16)9-14/h7-11,17H,2-6H2,1H3. The van der Waals surface area contributed by atoms with E-state index >= 15 is 0 Å². The molecule has 1 aliphatic rings. The van der Waals surface area contributed by atoms with Crippen LogP contribution in [-0.2, 0) is 0 Å². The van der Waals surface area contributed by atoms with Gasteiger partial charge in [0.15, 0.2) is 0 Å². The lowest BCUT2D eigenvalue weighted by Gasteiger charge is -2.29. The zero-order valence-corrected chi connectivity index (χ0v) is 10.9. The number of hydrogen-bond acceptors (Lipinski definition) is 1. The molecule has 0 spiro atoms. The molecule has 0 saturated heterocycles. The van der Waals surface area contributed by atoms with Crippen LogP contribution in [0.2, 0.25) is 5.02 Å². The fraction of sp³-hybridized carbons (Fsp3) is 0.571. The quantitative estimate of drug-likeness (QED) is 0.813. The lowest BCUT2D eigenvalue weighted by Crippen LogP contribution is -2.27. The van der Waals surface area contributed by atoms with Gasteiger partial charge in [-0.25, -0.2) is 4.39 Å². The molecule has 94 valence electrons. The van der Waals surface area contributed by atoms with E-state index < -0.39 is 0 Å². The molecule has 3 heteroatoms. The first-order chi connectivity index (χ1) is 8.15. The van der Waals surface area contributed by atoms with Crippen molar-refractivity contribution in [3.8, 4) is 0 Å². The van der Waals surface area contributed by atoms with Gasteiger partial charge in [-0.3, -0.25) is 0 Å². The predicted molar refractivity (Wildman–Crippen MR) is 71.1 cm³/mol. The van der Waals surface area contributed by atoms with Gasteiger partial charge in [0, 0.05) is 16.8 Å². The van der Waals surface area contributed by atoms with E-state index in [1.165, 1.54) is 44.2 Å². The molecule has 1 nitrogen and oxygen atoms in total. The highest BCUT2D eigenvalue weighted by Crippen LogP contribution is 2.28. The molecule has 0 bridgehead atoms. The lowest BCUT2D eigenvalue weighted by atomic mass is 9.84. The van der Waals surface area contributed by atoms with E-state index in [1.807, 2.05) is 0 Å². The Balaban J connectivity index is 1.99. The van der Waals surface area contributed by atoms with Crippen molar-refractivity contribution in [1.29, 1.82) is 0 Å². The molecule has 1 N–H and O–H groups in total. The molecule has 1 aliphatic carbocycles. The summed E-state index contributed by atoms with van der Waals surface area (Å²) < 4.78 is 13.2. The Morgan fingerprint density at radius 2 is 1.94 bits per heavy atom. The van der Waals surface area contributed by atoms with Gasteiger partial charge < -0.3 is 5.32 Å². The van der Waals surface area contributed by atoms with Crippen LogP contribution in [0.5, 0.6) is 0 Å². The van der Waals surface area contributed by atoms with Gasteiger partial charge in [-0.2, -0.15) is 0 Å². The van der Waals surface area contributed by atoms with E-state index in [-0.39, 0.29) is 5.82 Å². The van der Waals surface area contributed by atoms with Crippen molar-refractivity contribution in [3.63, 3.8) is 0 Å². The third-order valence-corrected chi connectivity index (χ3v) is 3.83. The van der Waals surface area contributed by atoms with Crippen molar-refractivity contribution in [2.45, 2.75) is 45.1 Å². The highest BCUT2D eigenvalue weighted by atomic mass is 35.5. The van der Waals surface area contributed by atoms with Crippen molar-refractivity contribution in [3.05, 3.63) is 29.0 Å². The monoisotopic (exact) mass is 255 g/mol. The maximum absolute atomic E-state index is 13.2. The topological polar surface area (TPSA) is 12.0 Å². The van der Waals surface area contributed by atoms with E-state index in [4.69, 9.17) is 11.6 Å². The molecular weight excluding hydrogens is 237 g/mol. The zero-order chi connectivity index (χ0) is 12.3. The Hall–Kier alpha value is -0.760. The molecule has 1 unspecified atom stereocenters. The number of hydrogen-bond donors (Lipinski definition) is 1. The maximum atomic E-state index is 13.2. The van der Waals surface area contributed by atoms with Crippen molar-refractivity contribution in [2.24, 2.45) is 5.92 Å². The highest BCUT2D eigenvalue weighted by molar-refractivity contribution is 6.30. The van der Waals surface area contributed by atoms with Crippen molar-refractivity contribution in [1.82, 2.24) is 0 Å². The fourth-order valence-electron chi connectivity index (χ4n) is 2.65. The summed E-state index contributed by atoms with van der Waals surface area (Å²) in [5, 5.41) is 3.82. The van der Waals surface area contributed by atoms with Crippen LogP contribution >= 0.6 is 11.6 Å². The maximum Gasteiger partial charge on any atom is 0.126 e. The smallest absolute Gasteiger partial charge is 0.126 e. The van der Waals surface area contributed by atoms with E-state index in [2.05, 4.69) is 12.2 Å². The van der Waals surface area contributed by atoms with Crippen LogP contribution in [0, 0.1) is 11.7 Å². The second-order valence-corrected chi connectivity index (χ2v) is 5.43. The molecule has 0 amide bonds. The first kappa shape index (κ1) is 12.7. The summed E-state index contributed by atoms with van der Waals surface area (Å²) in [4.78, 5) is 0. The van der Waals surface area contributed by atoms with Gasteiger partial charge in [-0.05, 0) is 43.9 Å². The summed E-state index contributed by atoms with van der Waals surface area (Å²) in [5.41, 5.74) is 0.785. The van der Waals surface area contributed by atoms with Crippen molar-refractivity contribution < 1.29 is 4.39 Å². The highest BCUT2D eigenvalue weighted by Gasteiger charge is 2.19. The molecule has 1 atom stereocenters. The summed E-state index contributed by atoms with van der Waals surface area (Å²) in [7, 11) is 0. The minimum absolute atomic E-state index is 0.282. The molecular formula is C14H19ClFN. The van der Waals surface area contributed by atoms with Crippen LogP contribution in [0.25, 0.3) is 0 Å². The summed E-state index contributed by atoms with van der Waals surface area (Å²) in [6.07, 6.45) is 6.55. The number of halogens is 2. The average molecular weight is 256 g/mol. The zero-order valence-electron chi connectivity index (χ0n) is 10.2. The third-order valence-electron chi connectivity index (χ3n) is 3.61. The van der Waals surface area contributed by atoms with Crippen molar-refractivity contribution in [2.75, 3.05) is 5.32 Å². The van der Waals surface area contributed by atoms with Gasteiger partial charge >= 0.3 is 0 Å². The Morgan fingerprint density at radius 1 is 1.24 bits per heavy atom. The first-order valence-electron chi connectivity index (χ1n) is 6.38. The molecule has 1 fully saturated rings. The van der Waals surface area contributed by atoms with Crippen LogP contribution in [0.4, 0.5) is 10.1 Å². The summed E-state index contributed by atoms with van der Waals surface area (Å²) in [5.74, 6) is 0.418. The molecule has 1 saturated carbocycles. The van der Waals surface area contributed by atoms with Gasteiger partial charge in [-0.15, -0.1) is 0 Å². The van der Waals surface area contributed by atoms with Gasteiger partial charge in [0.2, 0.25) is 0 Å². The molecule has 1 aromatic rings. The van der Waals surface area contributed by atoms with Crippen LogP contribution in [-0.4, -0.2) is 6.04 Å². The number of rotatable bonds is 3. The molecule has 0 aliphatic heterocycles.